The van der Waals surface area contributed by atoms with Gasteiger partial charge in [-0.1, -0.05) is 19.8 Å². The molecule has 3 fully saturated rings. The van der Waals surface area contributed by atoms with Crippen molar-refractivity contribution in [3.8, 4) is 0 Å². The van der Waals surface area contributed by atoms with Crippen LogP contribution in [0.1, 0.15) is 64.7 Å². The summed E-state index contributed by atoms with van der Waals surface area (Å²) in [6.45, 7) is 7.18. The number of aromatic nitrogens is 2. The molecule has 0 bridgehead atoms. The normalized spacial score (nSPS) is 25.3. The molecule has 4 heterocycles. The van der Waals surface area contributed by atoms with Crippen LogP contribution in [0.2, 0.25) is 0 Å². The second kappa shape index (κ2) is 11.4. The molecule has 9 nitrogen and oxygen atoms in total. The third-order valence-electron chi connectivity index (χ3n) is 8.01. The standard InChI is InChI=1S/C25H40N6O3/c1-2-25(19-32,23(33)34)31-16-10-21(11-17-31)30-15-7-8-20(18-30)27-24-26-12-9-22(28-24)29-13-5-3-4-6-14-29/h9,12,19-21H,2-8,10-11,13-18H2,1H3,(H,33,34)(H,26,27,28). The number of nitrogens with zero attached hydrogens (tertiary/aromatic N) is 5. The van der Waals surface area contributed by atoms with Crippen molar-refractivity contribution >= 4 is 24.0 Å². The van der Waals surface area contributed by atoms with E-state index in [9.17, 15) is 14.7 Å². The molecule has 9 heteroatoms. The Hall–Kier alpha value is -2.26. The molecule has 0 saturated carbocycles. The van der Waals surface area contributed by atoms with Crippen molar-refractivity contribution in [3.05, 3.63) is 12.3 Å². The van der Waals surface area contributed by atoms with Crippen molar-refractivity contribution in [2.75, 3.05) is 49.5 Å². The molecule has 1 aromatic rings. The van der Waals surface area contributed by atoms with Gasteiger partial charge in [-0.05, 0) is 57.6 Å². The molecule has 2 N–H and O–H groups in total. The molecule has 0 spiro atoms. The molecule has 2 atom stereocenters. The number of piperidine rings is 2. The quantitative estimate of drug-likeness (QED) is 0.437. The predicted molar refractivity (Wildman–Crippen MR) is 132 cm³/mol. The molecule has 3 aliphatic heterocycles. The van der Waals surface area contributed by atoms with Crippen LogP contribution >= 0.6 is 0 Å². The van der Waals surface area contributed by atoms with E-state index in [2.05, 4.69) is 20.1 Å². The third-order valence-corrected chi connectivity index (χ3v) is 8.01. The summed E-state index contributed by atoms with van der Waals surface area (Å²) in [7, 11) is 0. The van der Waals surface area contributed by atoms with Crippen LogP contribution in [-0.4, -0.2) is 94.0 Å². The summed E-state index contributed by atoms with van der Waals surface area (Å²) in [4.78, 5) is 39.6. The summed E-state index contributed by atoms with van der Waals surface area (Å²) >= 11 is 0. The van der Waals surface area contributed by atoms with E-state index < -0.39 is 11.5 Å². The number of carboxylic acids is 1. The largest absolute Gasteiger partial charge is 0.480 e. The van der Waals surface area contributed by atoms with Gasteiger partial charge >= 0.3 is 5.97 Å². The number of carbonyl (C=O) groups excluding carboxylic acids is 1. The number of anilines is 2. The second-order valence-electron chi connectivity index (χ2n) is 10.0. The molecule has 1 aromatic heterocycles. The number of aldehydes is 1. The lowest BCUT2D eigenvalue weighted by Gasteiger charge is -2.45. The minimum Gasteiger partial charge on any atom is -0.480 e. The monoisotopic (exact) mass is 472 g/mol. The summed E-state index contributed by atoms with van der Waals surface area (Å²) < 4.78 is 0. The van der Waals surface area contributed by atoms with Crippen LogP contribution in [0.4, 0.5) is 11.8 Å². The SMILES string of the molecule is CCC(C=O)(C(=O)O)N1CCC(N2CCCC(Nc3nccc(N4CCCCCC4)n3)C2)CC1. The molecule has 188 valence electrons. The highest BCUT2D eigenvalue weighted by atomic mass is 16.4. The van der Waals surface area contributed by atoms with E-state index in [4.69, 9.17) is 4.98 Å². The van der Waals surface area contributed by atoms with Crippen molar-refractivity contribution in [2.24, 2.45) is 0 Å². The van der Waals surface area contributed by atoms with Crippen molar-refractivity contribution in [1.29, 1.82) is 0 Å². The van der Waals surface area contributed by atoms with Gasteiger partial charge in [0, 0.05) is 51.0 Å². The van der Waals surface area contributed by atoms with E-state index in [1.54, 1.807) is 6.92 Å². The van der Waals surface area contributed by atoms with Gasteiger partial charge in [0.25, 0.3) is 0 Å². The Morgan fingerprint density at radius 3 is 2.50 bits per heavy atom. The summed E-state index contributed by atoms with van der Waals surface area (Å²) in [5.74, 6) is 0.698. The number of hydrogen-bond donors (Lipinski definition) is 2. The molecule has 2 unspecified atom stereocenters. The molecule has 0 aromatic carbocycles. The van der Waals surface area contributed by atoms with Crippen molar-refractivity contribution in [3.63, 3.8) is 0 Å². The number of nitrogens with one attached hydrogen (secondary N) is 1. The van der Waals surface area contributed by atoms with Gasteiger partial charge in [0.1, 0.15) is 5.82 Å². The van der Waals surface area contributed by atoms with E-state index in [1.807, 2.05) is 17.2 Å². The first-order chi connectivity index (χ1) is 16.6. The highest BCUT2D eigenvalue weighted by molar-refractivity contribution is 5.97. The molecule has 0 amide bonds. The Morgan fingerprint density at radius 1 is 1.12 bits per heavy atom. The van der Waals surface area contributed by atoms with E-state index in [-0.39, 0.29) is 0 Å². The van der Waals surface area contributed by atoms with Crippen LogP contribution in [-0.2, 0) is 9.59 Å². The fourth-order valence-electron chi connectivity index (χ4n) is 5.88. The fraction of sp³-hybridized carbons (Fsp3) is 0.760. The molecule has 0 radical (unpaired) electrons. The van der Waals surface area contributed by atoms with E-state index in [1.165, 1.54) is 25.7 Å². The zero-order valence-corrected chi connectivity index (χ0v) is 20.5. The van der Waals surface area contributed by atoms with Gasteiger partial charge in [0.15, 0.2) is 11.8 Å². The average molecular weight is 473 g/mol. The zero-order chi connectivity index (χ0) is 24.0. The van der Waals surface area contributed by atoms with Crippen LogP contribution in [0.5, 0.6) is 0 Å². The number of aliphatic carboxylic acids is 1. The summed E-state index contributed by atoms with van der Waals surface area (Å²) in [6, 6.07) is 2.74. The molecule has 3 saturated heterocycles. The lowest BCUT2D eigenvalue weighted by Crippen LogP contribution is -2.60. The number of likely N-dealkylation sites (tertiary alicyclic amines) is 2. The van der Waals surface area contributed by atoms with Crippen molar-refractivity contribution < 1.29 is 14.7 Å². The second-order valence-corrected chi connectivity index (χ2v) is 10.0. The average Bonchev–Trinajstić information content (AvgIpc) is 3.16. The summed E-state index contributed by atoms with van der Waals surface area (Å²) in [6.07, 6.45) is 11.8. The molecule has 34 heavy (non-hydrogen) atoms. The molecule has 3 aliphatic rings. The van der Waals surface area contributed by atoms with Crippen molar-refractivity contribution in [1.82, 2.24) is 19.8 Å². The van der Waals surface area contributed by atoms with E-state index in [0.717, 1.165) is 57.7 Å². The Balaban J connectivity index is 1.32. The Kier molecular flexibility index (Phi) is 8.37. The summed E-state index contributed by atoms with van der Waals surface area (Å²) in [5.41, 5.74) is -1.38. The van der Waals surface area contributed by atoms with Crippen LogP contribution in [0.25, 0.3) is 0 Å². The first kappa shape index (κ1) is 24.9. The Bertz CT molecular complexity index is 823. The molecule has 4 rings (SSSR count). The third kappa shape index (κ3) is 5.51. The zero-order valence-electron chi connectivity index (χ0n) is 20.5. The predicted octanol–water partition coefficient (Wildman–Crippen LogP) is 2.63. The lowest BCUT2D eigenvalue weighted by atomic mass is 9.90. The minimum atomic E-state index is -1.38. The Morgan fingerprint density at radius 2 is 1.85 bits per heavy atom. The van der Waals surface area contributed by atoms with Gasteiger partial charge in [0.2, 0.25) is 5.95 Å². The maximum atomic E-state index is 11.8. The number of carboxylic acid groups (broad SMARTS) is 1. The van der Waals surface area contributed by atoms with Crippen LogP contribution in [0, 0.1) is 0 Å². The number of carbonyl (C=O) groups is 2. The van der Waals surface area contributed by atoms with Gasteiger partial charge in [-0.2, -0.15) is 4.98 Å². The van der Waals surface area contributed by atoms with Gasteiger partial charge in [-0.3, -0.25) is 9.80 Å². The summed E-state index contributed by atoms with van der Waals surface area (Å²) in [5, 5.41) is 13.3. The highest BCUT2D eigenvalue weighted by Crippen LogP contribution is 2.28. The van der Waals surface area contributed by atoms with Gasteiger partial charge < -0.3 is 20.1 Å². The lowest BCUT2D eigenvalue weighted by molar-refractivity contribution is -0.155. The maximum absolute atomic E-state index is 11.8. The first-order valence-electron chi connectivity index (χ1n) is 13.1. The fourth-order valence-corrected chi connectivity index (χ4v) is 5.88. The number of rotatable bonds is 8. The van der Waals surface area contributed by atoms with E-state index in [0.29, 0.717) is 43.8 Å². The maximum Gasteiger partial charge on any atom is 0.331 e. The van der Waals surface area contributed by atoms with Crippen LogP contribution in [0.15, 0.2) is 12.3 Å². The number of hydrogen-bond acceptors (Lipinski definition) is 8. The Labute approximate surface area is 202 Å². The minimum absolute atomic E-state index is 0.294. The van der Waals surface area contributed by atoms with Crippen LogP contribution in [0.3, 0.4) is 0 Å². The first-order valence-corrected chi connectivity index (χ1v) is 13.1. The molecular weight excluding hydrogens is 432 g/mol. The van der Waals surface area contributed by atoms with Gasteiger partial charge in [0.05, 0.1) is 0 Å². The van der Waals surface area contributed by atoms with Crippen molar-refractivity contribution in [2.45, 2.75) is 82.3 Å². The molecular formula is C25H40N6O3. The smallest absolute Gasteiger partial charge is 0.331 e. The van der Waals surface area contributed by atoms with Gasteiger partial charge in [-0.15, -0.1) is 0 Å². The molecule has 0 aliphatic carbocycles. The van der Waals surface area contributed by atoms with E-state index >= 15 is 0 Å². The van der Waals surface area contributed by atoms with Gasteiger partial charge in [-0.25, -0.2) is 9.78 Å². The highest BCUT2D eigenvalue weighted by Gasteiger charge is 2.44. The van der Waals surface area contributed by atoms with Crippen LogP contribution < -0.4 is 10.2 Å². The topological polar surface area (TPSA) is 102 Å².